The van der Waals surface area contributed by atoms with E-state index in [0.29, 0.717) is 5.69 Å². The highest BCUT2D eigenvalue weighted by atomic mass is 32.2. The Hall–Kier alpha value is -2.31. The molecule has 3 rings (SSSR count). The van der Waals surface area contributed by atoms with Crippen molar-refractivity contribution in [1.29, 1.82) is 0 Å². The van der Waals surface area contributed by atoms with Crippen molar-refractivity contribution in [2.24, 2.45) is 0 Å². The highest BCUT2D eigenvalue weighted by Gasteiger charge is 2.18. The Balaban J connectivity index is 1.92. The predicted octanol–water partition coefficient (Wildman–Crippen LogP) is 4.81. The molecule has 0 amide bonds. The van der Waals surface area contributed by atoms with Crippen LogP contribution in [0, 0.1) is 0 Å². The predicted molar refractivity (Wildman–Crippen MR) is 107 cm³/mol. The summed E-state index contributed by atoms with van der Waals surface area (Å²) in [6.45, 7) is 3.32. The smallest absolute Gasteiger partial charge is 0.235 e. The Labute approximate surface area is 152 Å². The minimum Gasteiger partial charge on any atom is -0.398 e. The van der Waals surface area contributed by atoms with Gasteiger partial charge in [0.2, 0.25) is 10.0 Å². The van der Waals surface area contributed by atoms with Gasteiger partial charge in [-0.15, -0.1) is 11.3 Å². The first-order chi connectivity index (χ1) is 11.9. The molecule has 0 spiro atoms. The van der Waals surface area contributed by atoms with E-state index in [4.69, 9.17) is 5.73 Å². The molecule has 0 saturated heterocycles. The van der Waals surface area contributed by atoms with Crippen LogP contribution in [0.2, 0.25) is 0 Å². The van der Waals surface area contributed by atoms with Crippen molar-refractivity contribution < 1.29 is 8.42 Å². The van der Waals surface area contributed by atoms with Crippen molar-refractivity contribution in [3.63, 3.8) is 0 Å². The van der Waals surface area contributed by atoms with Crippen molar-refractivity contribution in [1.82, 2.24) is 0 Å². The van der Waals surface area contributed by atoms with Gasteiger partial charge >= 0.3 is 0 Å². The van der Waals surface area contributed by atoms with Crippen LogP contribution in [0.3, 0.4) is 0 Å². The summed E-state index contributed by atoms with van der Waals surface area (Å²) in [5.41, 5.74) is 10.4. The van der Waals surface area contributed by atoms with Gasteiger partial charge in [0.05, 0.1) is 15.8 Å². The number of nitrogen functional groups attached to an aromatic ring is 1. The van der Waals surface area contributed by atoms with E-state index in [9.17, 15) is 8.42 Å². The van der Waals surface area contributed by atoms with Crippen LogP contribution in [0.4, 0.5) is 11.4 Å². The fourth-order valence-electron chi connectivity index (χ4n) is 2.45. The molecule has 3 N–H and O–H groups in total. The maximum Gasteiger partial charge on any atom is 0.235 e. The van der Waals surface area contributed by atoms with Crippen LogP contribution in [0.25, 0.3) is 21.6 Å². The lowest BCUT2D eigenvalue weighted by Crippen LogP contribution is -2.22. The van der Waals surface area contributed by atoms with E-state index < -0.39 is 15.3 Å². The normalized spacial score (nSPS) is 11.6. The summed E-state index contributed by atoms with van der Waals surface area (Å²) in [6.07, 6.45) is 0. The standard InChI is InChI=1S/C19H20N2O2S2/c1-13(2)25(22,23)21-18-11-12-24-19(18)15-9-7-14(8-10-15)16-5-3-4-6-17(16)20/h3-13,21H,20H2,1-2H3. The molecule has 1 aromatic heterocycles. The third kappa shape index (κ3) is 3.70. The number of sulfonamides is 1. The van der Waals surface area contributed by atoms with Gasteiger partial charge in [0.1, 0.15) is 0 Å². The highest BCUT2D eigenvalue weighted by Crippen LogP contribution is 2.36. The van der Waals surface area contributed by atoms with Crippen LogP contribution in [-0.2, 0) is 10.0 Å². The molecule has 0 saturated carbocycles. The Bertz CT molecular complexity index is 975. The number of hydrogen-bond donors (Lipinski definition) is 2. The van der Waals surface area contributed by atoms with E-state index in [1.54, 1.807) is 19.9 Å². The largest absolute Gasteiger partial charge is 0.398 e. The minimum absolute atomic E-state index is 0.483. The zero-order valence-electron chi connectivity index (χ0n) is 14.1. The summed E-state index contributed by atoms with van der Waals surface area (Å²) in [5.74, 6) is 0. The first kappa shape index (κ1) is 17.5. The fraction of sp³-hybridized carbons (Fsp3) is 0.158. The Morgan fingerprint density at radius 3 is 2.24 bits per heavy atom. The zero-order chi connectivity index (χ0) is 18.0. The maximum atomic E-state index is 12.1. The van der Waals surface area contributed by atoms with Crippen molar-refractivity contribution in [3.05, 3.63) is 60.0 Å². The van der Waals surface area contributed by atoms with Crippen LogP contribution in [0.5, 0.6) is 0 Å². The lowest BCUT2D eigenvalue weighted by Gasteiger charge is -2.12. The molecule has 0 bridgehead atoms. The molecule has 6 heteroatoms. The Morgan fingerprint density at radius 2 is 1.60 bits per heavy atom. The third-order valence-electron chi connectivity index (χ3n) is 3.96. The molecule has 0 aliphatic rings. The second-order valence-electron chi connectivity index (χ2n) is 6.02. The molecule has 0 aliphatic carbocycles. The first-order valence-corrected chi connectivity index (χ1v) is 10.4. The molecule has 0 atom stereocenters. The molecule has 0 fully saturated rings. The average Bonchev–Trinajstić information content (AvgIpc) is 3.03. The molecule has 0 radical (unpaired) electrons. The van der Waals surface area contributed by atoms with Gasteiger partial charge in [-0.25, -0.2) is 8.42 Å². The quantitative estimate of drug-likeness (QED) is 0.631. The zero-order valence-corrected chi connectivity index (χ0v) is 15.7. The second-order valence-corrected chi connectivity index (χ2v) is 9.18. The van der Waals surface area contributed by atoms with Gasteiger partial charge in [-0.1, -0.05) is 42.5 Å². The van der Waals surface area contributed by atoms with Gasteiger partial charge in [0.25, 0.3) is 0 Å². The highest BCUT2D eigenvalue weighted by molar-refractivity contribution is 7.93. The number of para-hydroxylation sites is 1. The number of nitrogens with one attached hydrogen (secondary N) is 1. The van der Waals surface area contributed by atoms with E-state index in [1.807, 2.05) is 53.9 Å². The Kier molecular flexibility index (Phi) is 4.83. The van der Waals surface area contributed by atoms with E-state index in [2.05, 4.69) is 4.72 Å². The third-order valence-corrected chi connectivity index (χ3v) is 6.67. The van der Waals surface area contributed by atoms with E-state index in [1.165, 1.54) is 11.3 Å². The number of anilines is 2. The van der Waals surface area contributed by atoms with Gasteiger partial charge in [-0.05, 0) is 42.5 Å². The van der Waals surface area contributed by atoms with Gasteiger partial charge in [0.15, 0.2) is 0 Å². The van der Waals surface area contributed by atoms with Gasteiger partial charge in [0, 0.05) is 11.3 Å². The summed E-state index contributed by atoms with van der Waals surface area (Å²) in [5, 5.41) is 1.40. The first-order valence-electron chi connectivity index (χ1n) is 7.93. The molecule has 25 heavy (non-hydrogen) atoms. The fourth-order valence-corrected chi connectivity index (χ4v) is 4.08. The second kappa shape index (κ2) is 6.90. The summed E-state index contributed by atoms with van der Waals surface area (Å²) in [4.78, 5) is 0.900. The number of hydrogen-bond acceptors (Lipinski definition) is 4. The number of benzene rings is 2. The van der Waals surface area contributed by atoms with Gasteiger partial charge < -0.3 is 5.73 Å². The van der Waals surface area contributed by atoms with Crippen molar-refractivity contribution in [2.45, 2.75) is 19.1 Å². The summed E-state index contributed by atoms with van der Waals surface area (Å²) < 4.78 is 27.0. The lowest BCUT2D eigenvalue weighted by atomic mass is 10.0. The van der Waals surface area contributed by atoms with Crippen LogP contribution >= 0.6 is 11.3 Å². The molecular formula is C19H20N2O2S2. The van der Waals surface area contributed by atoms with Crippen molar-refractivity contribution in [3.8, 4) is 21.6 Å². The SMILES string of the molecule is CC(C)S(=O)(=O)Nc1ccsc1-c1ccc(-c2ccccc2N)cc1. The lowest BCUT2D eigenvalue weighted by molar-refractivity contribution is 0.593. The minimum atomic E-state index is -3.37. The van der Waals surface area contributed by atoms with Crippen LogP contribution < -0.4 is 10.5 Å². The summed E-state index contributed by atoms with van der Waals surface area (Å²) in [6, 6.07) is 17.5. The topological polar surface area (TPSA) is 72.2 Å². The number of thiophene rings is 1. The van der Waals surface area contributed by atoms with Crippen LogP contribution in [-0.4, -0.2) is 13.7 Å². The summed E-state index contributed by atoms with van der Waals surface area (Å²) in [7, 11) is -3.37. The van der Waals surface area contributed by atoms with E-state index in [0.717, 1.165) is 27.3 Å². The van der Waals surface area contributed by atoms with Crippen molar-refractivity contribution in [2.75, 3.05) is 10.5 Å². The van der Waals surface area contributed by atoms with Crippen LogP contribution in [0.15, 0.2) is 60.0 Å². The molecule has 130 valence electrons. The van der Waals surface area contributed by atoms with E-state index in [-0.39, 0.29) is 0 Å². The number of rotatable bonds is 5. The summed E-state index contributed by atoms with van der Waals surface area (Å²) >= 11 is 1.51. The number of nitrogens with two attached hydrogens (primary N) is 1. The molecular weight excluding hydrogens is 352 g/mol. The molecule has 0 aliphatic heterocycles. The molecule has 1 heterocycles. The van der Waals surface area contributed by atoms with Gasteiger partial charge in [-0.3, -0.25) is 4.72 Å². The van der Waals surface area contributed by atoms with Crippen LogP contribution in [0.1, 0.15) is 13.8 Å². The molecule has 2 aromatic carbocycles. The monoisotopic (exact) mass is 372 g/mol. The van der Waals surface area contributed by atoms with Crippen molar-refractivity contribution >= 4 is 32.7 Å². The molecule has 3 aromatic rings. The van der Waals surface area contributed by atoms with E-state index >= 15 is 0 Å². The maximum absolute atomic E-state index is 12.1. The average molecular weight is 373 g/mol. The Morgan fingerprint density at radius 1 is 0.960 bits per heavy atom. The molecule has 4 nitrogen and oxygen atoms in total. The van der Waals surface area contributed by atoms with Gasteiger partial charge in [-0.2, -0.15) is 0 Å². The molecule has 0 unspecified atom stereocenters.